The molecule has 1 rings (SSSR count). The zero-order chi connectivity index (χ0) is 6.69. The van der Waals surface area contributed by atoms with Gasteiger partial charge in [0.25, 0.3) is 0 Å². The molecule has 0 bridgehead atoms. The standard InChI is InChI=1S/C5H4ClN3/c6-5-3-8-2-4(1-7)9-5/h1-3,7H. The molecule has 0 aliphatic heterocycles. The fraction of sp³-hybridized carbons (Fsp3) is 0. The van der Waals surface area contributed by atoms with E-state index in [1.54, 1.807) is 0 Å². The molecule has 0 amide bonds. The van der Waals surface area contributed by atoms with E-state index in [2.05, 4.69) is 9.97 Å². The number of halogens is 1. The molecule has 4 heteroatoms. The molecule has 0 aliphatic carbocycles. The van der Waals surface area contributed by atoms with E-state index in [1.807, 2.05) is 0 Å². The minimum Gasteiger partial charge on any atom is -0.306 e. The van der Waals surface area contributed by atoms with Gasteiger partial charge in [0, 0.05) is 6.21 Å². The largest absolute Gasteiger partial charge is 0.306 e. The van der Waals surface area contributed by atoms with E-state index in [4.69, 9.17) is 17.0 Å². The van der Waals surface area contributed by atoms with Crippen LogP contribution >= 0.6 is 11.6 Å². The highest BCUT2D eigenvalue weighted by Crippen LogP contribution is 1.99. The molecular formula is C5H4ClN3. The molecule has 0 unspecified atom stereocenters. The predicted molar refractivity (Wildman–Crippen MR) is 34.9 cm³/mol. The Morgan fingerprint density at radius 2 is 2.33 bits per heavy atom. The van der Waals surface area contributed by atoms with E-state index < -0.39 is 0 Å². The SMILES string of the molecule is N=Cc1cncc(Cl)n1. The second-order valence-electron chi connectivity index (χ2n) is 1.41. The number of hydrogen-bond acceptors (Lipinski definition) is 3. The molecule has 0 spiro atoms. The Bertz CT molecular complexity index is 223. The molecule has 3 nitrogen and oxygen atoms in total. The lowest BCUT2D eigenvalue weighted by Crippen LogP contribution is -1.87. The van der Waals surface area contributed by atoms with Gasteiger partial charge in [-0.15, -0.1) is 0 Å². The van der Waals surface area contributed by atoms with Crippen LogP contribution in [0.5, 0.6) is 0 Å². The van der Waals surface area contributed by atoms with E-state index in [0.29, 0.717) is 10.8 Å². The molecule has 1 heterocycles. The van der Waals surface area contributed by atoms with Crippen molar-refractivity contribution in [3.05, 3.63) is 23.2 Å². The minimum atomic E-state index is 0.316. The van der Waals surface area contributed by atoms with Crippen molar-refractivity contribution >= 4 is 17.8 Å². The maximum Gasteiger partial charge on any atom is 0.148 e. The first-order valence-electron chi connectivity index (χ1n) is 2.31. The van der Waals surface area contributed by atoms with Crippen molar-refractivity contribution in [2.75, 3.05) is 0 Å². The lowest BCUT2D eigenvalue weighted by Gasteiger charge is -1.88. The Balaban J connectivity index is 3.07. The van der Waals surface area contributed by atoms with Crippen molar-refractivity contribution in [1.82, 2.24) is 9.97 Å². The summed E-state index contributed by atoms with van der Waals surface area (Å²) in [6, 6.07) is 0. The van der Waals surface area contributed by atoms with Crippen LogP contribution in [0.1, 0.15) is 5.69 Å². The van der Waals surface area contributed by atoms with Crippen molar-refractivity contribution < 1.29 is 0 Å². The van der Waals surface area contributed by atoms with Gasteiger partial charge in [-0.2, -0.15) is 0 Å². The van der Waals surface area contributed by atoms with E-state index >= 15 is 0 Å². The van der Waals surface area contributed by atoms with Gasteiger partial charge in [-0.05, 0) is 0 Å². The monoisotopic (exact) mass is 141 g/mol. The van der Waals surface area contributed by atoms with Gasteiger partial charge < -0.3 is 5.41 Å². The van der Waals surface area contributed by atoms with Crippen LogP contribution in [0.3, 0.4) is 0 Å². The number of nitrogens with zero attached hydrogens (tertiary/aromatic N) is 2. The fourth-order valence-corrected chi connectivity index (χ4v) is 0.580. The van der Waals surface area contributed by atoms with Gasteiger partial charge in [0.05, 0.1) is 12.4 Å². The molecule has 0 radical (unpaired) electrons. The Labute approximate surface area is 57.2 Å². The van der Waals surface area contributed by atoms with Gasteiger partial charge in [-0.25, -0.2) is 4.98 Å². The predicted octanol–water partition coefficient (Wildman–Crippen LogP) is 1.13. The summed E-state index contributed by atoms with van der Waals surface area (Å²) in [6.07, 6.45) is 3.99. The first-order valence-corrected chi connectivity index (χ1v) is 2.69. The van der Waals surface area contributed by atoms with Crippen molar-refractivity contribution in [2.45, 2.75) is 0 Å². The molecule has 0 aromatic carbocycles. The van der Waals surface area contributed by atoms with Gasteiger partial charge in [-0.3, -0.25) is 4.98 Å². The van der Waals surface area contributed by atoms with Crippen LogP contribution in [-0.4, -0.2) is 16.2 Å². The van der Waals surface area contributed by atoms with Crippen molar-refractivity contribution in [3.8, 4) is 0 Å². The van der Waals surface area contributed by atoms with E-state index in [0.717, 1.165) is 6.21 Å². The smallest absolute Gasteiger partial charge is 0.148 e. The molecule has 1 N–H and O–H groups in total. The number of nitrogens with one attached hydrogen (secondary N) is 1. The summed E-state index contributed by atoms with van der Waals surface area (Å²) in [5, 5.41) is 7.07. The summed E-state index contributed by atoms with van der Waals surface area (Å²) in [4.78, 5) is 7.46. The van der Waals surface area contributed by atoms with Crippen LogP contribution in [0.4, 0.5) is 0 Å². The molecule has 1 aromatic rings. The second-order valence-corrected chi connectivity index (χ2v) is 1.80. The summed E-state index contributed by atoms with van der Waals surface area (Å²) in [6.45, 7) is 0. The minimum absolute atomic E-state index is 0.316. The van der Waals surface area contributed by atoms with Crippen LogP contribution < -0.4 is 0 Å². The third-order valence-corrected chi connectivity index (χ3v) is 0.954. The summed E-state index contributed by atoms with van der Waals surface area (Å²) in [5.74, 6) is 0. The normalized spacial score (nSPS) is 9.00. The van der Waals surface area contributed by atoms with Gasteiger partial charge >= 0.3 is 0 Å². The Kier molecular flexibility index (Phi) is 1.75. The average Bonchev–Trinajstić information content (AvgIpc) is 1.88. The fourth-order valence-electron chi connectivity index (χ4n) is 0.426. The zero-order valence-electron chi connectivity index (χ0n) is 4.50. The maximum atomic E-state index is 6.75. The number of aromatic nitrogens is 2. The molecule has 0 saturated heterocycles. The Hall–Kier alpha value is -0.960. The summed E-state index contributed by atoms with van der Waals surface area (Å²) in [5.41, 5.74) is 0.475. The lowest BCUT2D eigenvalue weighted by atomic mass is 10.5. The lowest BCUT2D eigenvalue weighted by molar-refractivity contribution is 1.18. The first-order chi connectivity index (χ1) is 4.33. The maximum absolute atomic E-state index is 6.75. The molecule has 0 saturated carbocycles. The topological polar surface area (TPSA) is 49.6 Å². The van der Waals surface area contributed by atoms with Crippen LogP contribution in [0.15, 0.2) is 12.4 Å². The van der Waals surface area contributed by atoms with Crippen molar-refractivity contribution in [3.63, 3.8) is 0 Å². The molecule has 46 valence electrons. The highest BCUT2D eigenvalue weighted by Gasteiger charge is 1.89. The summed E-state index contributed by atoms with van der Waals surface area (Å²) >= 11 is 5.45. The van der Waals surface area contributed by atoms with E-state index in [-0.39, 0.29) is 0 Å². The second kappa shape index (κ2) is 2.55. The Morgan fingerprint density at radius 1 is 1.56 bits per heavy atom. The van der Waals surface area contributed by atoms with E-state index in [9.17, 15) is 0 Å². The van der Waals surface area contributed by atoms with Crippen molar-refractivity contribution in [2.24, 2.45) is 0 Å². The number of hydrogen-bond donors (Lipinski definition) is 1. The molecule has 1 aromatic heterocycles. The van der Waals surface area contributed by atoms with Crippen LogP contribution in [0.2, 0.25) is 5.15 Å². The zero-order valence-corrected chi connectivity index (χ0v) is 5.26. The summed E-state index contributed by atoms with van der Waals surface area (Å²) < 4.78 is 0. The average molecular weight is 142 g/mol. The van der Waals surface area contributed by atoms with Crippen molar-refractivity contribution in [1.29, 1.82) is 5.41 Å². The summed E-state index contributed by atoms with van der Waals surface area (Å²) in [7, 11) is 0. The van der Waals surface area contributed by atoms with Gasteiger partial charge in [0.15, 0.2) is 0 Å². The quantitative estimate of drug-likeness (QED) is 0.596. The molecule has 0 fully saturated rings. The van der Waals surface area contributed by atoms with Crippen LogP contribution in [0.25, 0.3) is 0 Å². The van der Waals surface area contributed by atoms with Gasteiger partial charge in [-0.1, -0.05) is 11.6 Å². The first kappa shape index (κ1) is 6.16. The van der Waals surface area contributed by atoms with Crippen LogP contribution in [-0.2, 0) is 0 Å². The third-order valence-electron chi connectivity index (χ3n) is 0.772. The van der Waals surface area contributed by atoms with Gasteiger partial charge in [0.1, 0.15) is 10.8 Å². The molecule has 0 atom stereocenters. The molecule has 0 aliphatic rings. The highest BCUT2D eigenvalue weighted by molar-refractivity contribution is 6.29. The van der Waals surface area contributed by atoms with Crippen LogP contribution in [0, 0.1) is 5.41 Å². The number of rotatable bonds is 1. The highest BCUT2D eigenvalue weighted by atomic mass is 35.5. The van der Waals surface area contributed by atoms with Gasteiger partial charge in [0.2, 0.25) is 0 Å². The third kappa shape index (κ3) is 1.47. The molecule has 9 heavy (non-hydrogen) atoms. The Morgan fingerprint density at radius 3 is 2.78 bits per heavy atom. The molecular weight excluding hydrogens is 138 g/mol. The van der Waals surface area contributed by atoms with E-state index in [1.165, 1.54) is 12.4 Å².